The number of hydrogen-bond donors (Lipinski definition) is 2. The summed E-state index contributed by atoms with van der Waals surface area (Å²) in [6.45, 7) is 7.40. The van der Waals surface area contributed by atoms with Gasteiger partial charge in [-0.1, -0.05) is 6.92 Å². The molecule has 0 saturated heterocycles. The number of carbonyl (C=O) groups excluding carboxylic acids is 1. The highest BCUT2D eigenvalue weighted by Gasteiger charge is 2.21. The number of rotatable bonds is 6. The second-order valence-corrected chi connectivity index (χ2v) is 5.03. The van der Waals surface area contributed by atoms with Crippen LogP contribution in [0.25, 0.3) is 0 Å². The first-order valence-electron chi connectivity index (χ1n) is 5.43. The zero-order valence-electron chi connectivity index (χ0n) is 10.6. The normalized spacial score (nSPS) is 14.1. The third-order valence-electron chi connectivity index (χ3n) is 2.87. The molecule has 15 heavy (non-hydrogen) atoms. The molecule has 1 unspecified atom stereocenters. The van der Waals surface area contributed by atoms with Crippen LogP contribution in [0.1, 0.15) is 27.2 Å². The summed E-state index contributed by atoms with van der Waals surface area (Å²) < 4.78 is 0. The standard InChI is InChI=1S/C11H25N3O/c1-9(7-12)6-10(15)13-8-11(2,3)14(4)5/h9H,6-8,12H2,1-5H3,(H,13,15). The van der Waals surface area contributed by atoms with Gasteiger partial charge in [0.25, 0.3) is 0 Å². The van der Waals surface area contributed by atoms with Gasteiger partial charge in [0.1, 0.15) is 0 Å². The molecule has 0 aliphatic rings. The van der Waals surface area contributed by atoms with Crippen LogP contribution < -0.4 is 11.1 Å². The molecule has 0 fully saturated rings. The van der Waals surface area contributed by atoms with E-state index < -0.39 is 0 Å². The van der Waals surface area contributed by atoms with E-state index in [0.29, 0.717) is 19.5 Å². The van der Waals surface area contributed by atoms with Crippen LogP contribution in [0, 0.1) is 5.92 Å². The molecular formula is C11H25N3O. The maximum atomic E-state index is 11.5. The van der Waals surface area contributed by atoms with Crippen molar-refractivity contribution >= 4 is 5.91 Å². The van der Waals surface area contributed by atoms with Crippen molar-refractivity contribution in [3.05, 3.63) is 0 Å². The molecule has 1 amide bonds. The Hall–Kier alpha value is -0.610. The van der Waals surface area contributed by atoms with Crippen molar-refractivity contribution in [1.29, 1.82) is 0 Å². The lowest BCUT2D eigenvalue weighted by Crippen LogP contribution is -2.48. The average Bonchev–Trinajstić information content (AvgIpc) is 2.14. The predicted molar refractivity (Wildman–Crippen MR) is 63.6 cm³/mol. The van der Waals surface area contributed by atoms with Crippen LogP contribution in [-0.4, -0.2) is 43.5 Å². The molecule has 0 saturated carbocycles. The molecule has 4 nitrogen and oxygen atoms in total. The quantitative estimate of drug-likeness (QED) is 0.675. The Morgan fingerprint density at radius 1 is 1.47 bits per heavy atom. The summed E-state index contributed by atoms with van der Waals surface area (Å²) in [5, 5.41) is 2.93. The Kier molecular flexibility index (Phi) is 5.83. The van der Waals surface area contributed by atoms with Crippen molar-refractivity contribution in [2.45, 2.75) is 32.7 Å². The van der Waals surface area contributed by atoms with Gasteiger partial charge < -0.3 is 16.0 Å². The van der Waals surface area contributed by atoms with E-state index in [-0.39, 0.29) is 17.4 Å². The highest BCUT2D eigenvalue weighted by Crippen LogP contribution is 2.08. The summed E-state index contributed by atoms with van der Waals surface area (Å²) in [6, 6.07) is 0. The Morgan fingerprint density at radius 2 is 2.00 bits per heavy atom. The number of likely N-dealkylation sites (N-methyl/N-ethyl adjacent to an activating group) is 1. The van der Waals surface area contributed by atoms with E-state index in [1.165, 1.54) is 0 Å². The summed E-state index contributed by atoms with van der Waals surface area (Å²) >= 11 is 0. The fraction of sp³-hybridized carbons (Fsp3) is 0.909. The average molecular weight is 215 g/mol. The predicted octanol–water partition coefficient (Wildman–Crippen LogP) is 0.428. The number of amides is 1. The monoisotopic (exact) mass is 215 g/mol. The van der Waals surface area contributed by atoms with E-state index in [2.05, 4.69) is 24.1 Å². The van der Waals surface area contributed by atoms with Crippen molar-refractivity contribution < 1.29 is 4.79 Å². The molecule has 0 heterocycles. The van der Waals surface area contributed by atoms with Gasteiger partial charge in [-0.2, -0.15) is 0 Å². The van der Waals surface area contributed by atoms with E-state index in [1.54, 1.807) is 0 Å². The highest BCUT2D eigenvalue weighted by molar-refractivity contribution is 5.76. The maximum absolute atomic E-state index is 11.5. The van der Waals surface area contributed by atoms with E-state index >= 15 is 0 Å². The first kappa shape index (κ1) is 14.4. The fourth-order valence-corrected chi connectivity index (χ4v) is 0.945. The lowest BCUT2D eigenvalue weighted by molar-refractivity contribution is -0.122. The van der Waals surface area contributed by atoms with Crippen molar-refractivity contribution in [2.24, 2.45) is 11.7 Å². The lowest BCUT2D eigenvalue weighted by Gasteiger charge is -2.32. The zero-order valence-corrected chi connectivity index (χ0v) is 10.6. The number of nitrogens with zero attached hydrogens (tertiary/aromatic N) is 1. The minimum absolute atomic E-state index is 0.0123. The maximum Gasteiger partial charge on any atom is 0.220 e. The molecular weight excluding hydrogens is 190 g/mol. The van der Waals surface area contributed by atoms with Gasteiger partial charge in [0.15, 0.2) is 0 Å². The van der Waals surface area contributed by atoms with E-state index in [9.17, 15) is 4.79 Å². The van der Waals surface area contributed by atoms with Crippen molar-refractivity contribution in [3.63, 3.8) is 0 Å². The summed E-state index contributed by atoms with van der Waals surface area (Å²) in [6.07, 6.45) is 0.514. The Bertz CT molecular complexity index is 202. The largest absolute Gasteiger partial charge is 0.354 e. The highest BCUT2D eigenvalue weighted by atomic mass is 16.1. The van der Waals surface area contributed by atoms with Crippen molar-refractivity contribution in [2.75, 3.05) is 27.2 Å². The van der Waals surface area contributed by atoms with E-state index in [1.807, 2.05) is 21.0 Å². The van der Waals surface area contributed by atoms with Gasteiger partial charge in [0, 0.05) is 18.5 Å². The summed E-state index contributed by atoms with van der Waals surface area (Å²) in [5.41, 5.74) is 5.45. The topological polar surface area (TPSA) is 58.4 Å². The Balaban J connectivity index is 3.90. The SMILES string of the molecule is CC(CN)CC(=O)NCC(C)(C)N(C)C. The Morgan fingerprint density at radius 3 is 2.40 bits per heavy atom. The summed E-state index contributed by atoms with van der Waals surface area (Å²) in [7, 11) is 4.02. The van der Waals surface area contributed by atoms with Crippen LogP contribution in [0.5, 0.6) is 0 Å². The second kappa shape index (κ2) is 6.08. The molecule has 0 aromatic rings. The number of nitrogens with two attached hydrogens (primary N) is 1. The van der Waals surface area contributed by atoms with Crippen molar-refractivity contribution in [1.82, 2.24) is 10.2 Å². The molecule has 1 atom stereocenters. The third kappa shape index (κ3) is 5.74. The summed E-state index contributed by atoms with van der Waals surface area (Å²) in [4.78, 5) is 13.6. The van der Waals surface area contributed by atoms with E-state index in [4.69, 9.17) is 5.73 Å². The molecule has 0 rings (SSSR count). The van der Waals surface area contributed by atoms with Crippen LogP contribution in [0.2, 0.25) is 0 Å². The first-order valence-corrected chi connectivity index (χ1v) is 5.43. The minimum Gasteiger partial charge on any atom is -0.354 e. The minimum atomic E-state index is -0.0123. The zero-order chi connectivity index (χ0) is 12.1. The molecule has 3 N–H and O–H groups in total. The molecule has 90 valence electrons. The fourth-order valence-electron chi connectivity index (χ4n) is 0.945. The molecule has 0 spiro atoms. The van der Waals surface area contributed by atoms with Gasteiger partial charge >= 0.3 is 0 Å². The molecule has 4 heteroatoms. The molecule has 0 radical (unpaired) electrons. The second-order valence-electron chi connectivity index (χ2n) is 5.03. The number of nitrogens with one attached hydrogen (secondary N) is 1. The number of hydrogen-bond acceptors (Lipinski definition) is 3. The van der Waals surface area contributed by atoms with Crippen molar-refractivity contribution in [3.8, 4) is 0 Å². The van der Waals surface area contributed by atoms with Gasteiger partial charge in [-0.15, -0.1) is 0 Å². The van der Waals surface area contributed by atoms with Gasteiger partial charge in [0.05, 0.1) is 0 Å². The van der Waals surface area contributed by atoms with Gasteiger partial charge in [-0.05, 0) is 40.4 Å². The van der Waals surface area contributed by atoms with Crippen LogP contribution >= 0.6 is 0 Å². The van der Waals surface area contributed by atoms with Crippen LogP contribution in [0.4, 0.5) is 0 Å². The molecule has 0 aliphatic heterocycles. The van der Waals surface area contributed by atoms with E-state index in [0.717, 1.165) is 0 Å². The van der Waals surface area contributed by atoms with Gasteiger partial charge in [0.2, 0.25) is 5.91 Å². The molecule has 0 aromatic heterocycles. The first-order chi connectivity index (χ1) is 6.79. The van der Waals surface area contributed by atoms with Gasteiger partial charge in [-0.25, -0.2) is 0 Å². The molecule has 0 bridgehead atoms. The van der Waals surface area contributed by atoms with Crippen LogP contribution in [0.3, 0.4) is 0 Å². The van der Waals surface area contributed by atoms with Crippen LogP contribution in [-0.2, 0) is 4.79 Å². The summed E-state index contributed by atoms with van der Waals surface area (Å²) in [5.74, 6) is 0.343. The third-order valence-corrected chi connectivity index (χ3v) is 2.87. The smallest absolute Gasteiger partial charge is 0.220 e. The molecule has 0 aromatic carbocycles. The molecule has 0 aliphatic carbocycles. The number of carbonyl (C=O) groups is 1. The van der Waals surface area contributed by atoms with Gasteiger partial charge in [-0.3, -0.25) is 4.79 Å². The Labute approximate surface area is 93.2 Å². The van der Waals surface area contributed by atoms with Crippen LogP contribution in [0.15, 0.2) is 0 Å². The lowest BCUT2D eigenvalue weighted by atomic mass is 10.0.